The highest BCUT2D eigenvalue weighted by Crippen LogP contribution is 2.18. The molecule has 1 N–H and O–H groups in total. The number of benzene rings is 1. The molecule has 0 spiro atoms. The van der Waals surface area contributed by atoms with E-state index in [0.29, 0.717) is 11.4 Å². The summed E-state index contributed by atoms with van der Waals surface area (Å²) in [6, 6.07) is 8.01. The third kappa shape index (κ3) is 4.02. The van der Waals surface area contributed by atoms with Gasteiger partial charge in [-0.05, 0) is 32.4 Å². The maximum atomic E-state index is 12.8. The van der Waals surface area contributed by atoms with Crippen LogP contribution in [0.4, 0.5) is 5.69 Å². The summed E-state index contributed by atoms with van der Waals surface area (Å²) in [6.45, 7) is 6.46. The number of carbonyl (C=O) groups is 2. The average Bonchev–Trinajstić information content (AvgIpc) is 2.61. The number of pyridine rings is 1. The van der Waals surface area contributed by atoms with Gasteiger partial charge in [0.2, 0.25) is 0 Å². The topological polar surface area (TPSA) is 77.4 Å². The van der Waals surface area contributed by atoms with Gasteiger partial charge in [-0.15, -0.1) is 0 Å². The summed E-state index contributed by atoms with van der Waals surface area (Å²) in [5.74, 6) is -1.09. The number of methoxy groups -OCH3 is 1. The first-order chi connectivity index (χ1) is 12.4. The van der Waals surface area contributed by atoms with Crippen LogP contribution in [0.2, 0.25) is 0 Å². The van der Waals surface area contributed by atoms with E-state index in [0.717, 1.165) is 25.1 Å². The monoisotopic (exact) mass is 356 g/mol. The van der Waals surface area contributed by atoms with Crippen molar-refractivity contribution in [2.45, 2.75) is 40.2 Å². The summed E-state index contributed by atoms with van der Waals surface area (Å²) < 4.78 is 6.71. The van der Waals surface area contributed by atoms with Gasteiger partial charge in [-0.2, -0.15) is 0 Å². The van der Waals surface area contributed by atoms with Crippen molar-refractivity contribution in [2.24, 2.45) is 0 Å². The van der Waals surface area contributed by atoms with Crippen LogP contribution in [0.15, 0.2) is 35.1 Å². The Labute approximate surface area is 152 Å². The summed E-state index contributed by atoms with van der Waals surface area (Å²) >= 11 is 0. The molecule has 0 aliphatic carbocycles. The first-order valence-electron chi connectivity index (χ1n) is 8.60. The van der Waals surface area contributed by atoms with E-state index in [1.807, 2.05) is 11.5 Å². The van der Waals surface area contributed by atoms with Crippen molar-refractivity contribution in [2.75, 3.05) is 12.4 Å². The van der Waals surface area contributed by atoms with Crippen LogP contribution in [0.3, 0.4) is 0 Å². The second-order valence-electron chi connectivity index (χ2n) is 6.11. The number of esters is 1. The zero-order chi connectivity index (χ0) is 19.3. The fraction of sp³-hybridized carbons (Fsp3) is 0.350. The minimum Gasteiger partial charge on any atom is -0.465 e. The smallest absolute Gasteiger partial charge is 0.339 e. The largest absolute Gasteiger partial charge is 0.465 e. The zero-order valence-corrected chi connectivity index (χ0v) is 15.6. The molecule has 0 aliphatic rings. The quantitative estimate of drug-likeness (QED) is 0.806. The van der Waals surface area contributed by atoms with Crippen LogP contribution in [0.1, 0.15) is 51.9 Å². The summed E-state index contributed by atoms with van der Waals surface area (Å²) in [7, 11) is 1.28. The molecule has 6 nitrogen and oxygen atoms in total. The number of anilines is 1. The van der Waals surface area contributed by atoms with Crippen molar-refractivity contribution in [1.29, 1.82) is 0 Å². The third-order valence-corrected chi connectivity index (χ3v) is 4.32. The Kier molecular flexibility index (Phi) is 6.33. The van der Waals surface area contributed by atoms with Crippen LogP contribution in [0, 0.1) is 13.8 Å². The molecule has 0 bridgehead atoms. The molecule has 0 radical (unpaired) electrons. The van der Waals surface area contributed by atoms with Crippen molar-refractivity contribution < 1.29 is 14.3 Å². The number of unbranched alkanes of at least 4 members (excludes halogenated alkanes) is 1. The maximum Gasteiger partial charge on any atom is 0.339 e. The average molecular weight is 356 g/mol. The normalized spacial score (nSPS) is 10.5. The Morgan fingerprint density at radius 1 is 1.19 bits per heavy atom. The Morgan fingerprint density at radius 2 is 1.88 bits per heavy atom. The number of hydrogen-bond acceptors (Lipinski definition) is 4. The molecule has 0 aliphatic heterocycles. The molecule has 1 heterocycles. The van der Waals surface area contributed by atoms with E-state index in [-0.39, 0.29) is 16.6 Å². The van der Waals surface area contributed by atoms with Crippen LogP contribution in [0.25, 0.3) is 0 Å². The summed E-state index contributed by atoms with van der Waals surface area (Å²) in [5.41, 5.74) is 1.75. The third-order valence-electron chi connectivity index (χ3n) is 4.32. The lowest BCUT2D eigenvalue weighted by atomic mass is 10.1. The summed E-state index contributed by atoms with van der Waals surface area (Å²) in [4.78, 5) is 37.1. The lowest BCUT2D eigenvalue weighted by molar-refractivity contribution is 0.0602. The number of nitrogens with one attached hydrogen (secondary N) is 1. The Hall–Kier alpha value is -2.89. The summed E-state index contributed by atoms with van der Waals surface area (Å²) in [6.07, 6.45) is 1.97. The van der Waals surface area contributed by atoms with Gasteiger partial charge in [-0.25, -0.2) is 4.79 Å². The van der Waals surface area contributed by atoms with Crippen LogP contribution >= 0.6 is 0 Å². The fourth-order valence-corrected chi connectivity index (χ4v) is 2.92. The molecule has 0 fully saturated rings. The van der Waals surface area contributed by atoms with Crippen LogP contribution in [0.5, 0.6) is 0 Å². The van der Waals surface area contributed by atoms with Crippen molar-refractivity contribution in [3.05, 3.63) is 63.1 Å². The van der Waals surface area contributed by atoms with Crippen molar-refractivity contribution in [1.82, 2.24) is 4.57 Å². The van der Waals surface area contributed by atoms with Crippen molar-refractivity contribution >= 4 is 17.6 Å². The molecular formula is C20H24N2O4. The summed E-state index contributed by atoms with van der Waals surface area (Å²) in [5, 5.41) is 2.67. The van der Waals surface area contributed by atoms with E-state index in [1.54, 1.807) is 31.2 Å². The predicted octanol–water partition coefficient (Wildman–Crippen LogP) is 3.30. The van der Waals surface area contributed by atoms with Gasteiger partial charge in [-0.3, -0.25) is 9.59 Å². The molecular weight excluding hydrogens is 332 g/mol. The lowest BCUT2D eigenvalue weighted by Gasteiger charge is -2.17. The molecule has 1 amide bonds. The molecule has 0 unspecified atom stereocenters. The zero-order valence-electron chi connectivity index (χ0n) is 15.6. The number of rotatable bonds is 6. The predicted molar refractivity (Wildman–Crippen MR) is 101 cm³/mol. The first-order valence-corrected chi connectivity index (χ1v) is 8.60. The number of aromatic nitrogens is 1. The first kappa shape index (κ1) is 19.4. The number of carbonyl (C=O) groups excluding carboxylic acids is 2. The second-order valence-corrected chi connectivity index (χ2v) is 6.11. The van der Waals surface area contributed by atoms with Gasteiger partial charge >= 0.3 is 5.97 Å². The Morgan fingerprint density at radius 3 is 2.54 bits per heavy atom. The van der Waals surface area contributed by atoms with Crippen LogP contribution in [-0.2, 0) is 11.3 Å². The van der Waals surface area contributed by atoms with Gasteiger partial charge in [0, 0.05) is 24.0 Å². The van der Waals surface area contributed by atoms with E-state index in [1.165, 1.54) is 13.2 Å². The highest BCUT2D eigenvalue weighted by atomic mass is 16.5. The van der Waals surface area contributed by atoms with Gasteiger partial charge in [0.15, 0.2) is 5.43 Å². The number of aryl methyl sites for hydroxylation is 1. The number of ether oxygens (including phenoxy) is 1. The van der Waals surface area contributed by atoms with Gasteiger partial charge in [0.05, 0.1) is 18.4 Å². The van der Waals surface area contributed by atoms with Crippen molar-refractivity contribution in [3.63, 3.8) is 0 Å². The molecule has 2 rings (SSSR count). The molecule has 2 aromatic rings. The standard InChI is InChI=1S/C20H24N2O4/c1-5-6-11-22-13(2)12-17(23)18(14(22)3)19(24)21-16-10-8-7-9-15(16)20(25)26-4/h7-10,12H,5-6,11H2,1-4H3,(H,21,24). The molecule has 0 saturated carbocycles. The van der Waals surface area contributed by atoms with Crippen LogP contribution < -0.4 is 10.7 Å². The SMILES string of the molecule is CCCCn1c(C)cc(=O)c(C(=O)Nc2ccccc2C(=O)OC)c1C. The van der Waals surface area contributed by atoms with E-state index in [2.05, 4.69) is 12.2 Å². The molecule has 1 aromatic heterocycles. The number of hydrogen-bond donors (Lipinski definition) is 1. The molecule has 26 heavy (non-hydrogen) atoms. The molecule has 138 valence electrons. The minimum absolute atomic E-state index is 0.0892. The highest BCUT2D eigenvalue weighted by molar-refractivity contribution is 6.08. The molecule has 6 heteroatoms. The van der Waals surface area contributed by atoms with Crippen LogP contribution in [-0.4, -0.2) is 23.6 Å². The van der Waals surface area contributed by atoms with Gasteiger partial charge in [0.25, 0.3) is 5.91 Å². The van der Waals surface area contributed by atoms with Gasteiger partial charge in [-0.1, -0.05) is 25.5 Å². The molecule has 0 atom stereocenters. The van der Waals surface area contributed by atoms with Crippen molar-refractivity contribution in [3.8, 4) is 0 Å². The molecule has 0 saturated heterocycles. The van der Waals surface area contributed by atoms with Gasteiger partial charge in [0.1, 0.15) is 5.56 Å². The highest BCUT2D eigenvalue weighted by Gasteiger charge is 2.20. The van der Waals surface area contributed by atoms with Gasteiger partial charge < -0.3 is 14.6 Å². The minimum atomic E-state index is -0.554. The number of para-hydroxylation sites is 1. The maximum absolute atomic E-state index is 12.8. The molecule has 1 aromatic carbocycles. The van der Waals surface area contributed by atoms with E-state index in [9.17, 15) is 14.4 Å². The Balaban J connectivity index is 2.43. The van der Waals surface area contributed by atoms with E-state index in [4.69, 9.17) is 4.74 Å². The second kappa shape index (κ2) is 8.47. The van der Waals surface area contributed by atoms with E-state index < -0.39 is 11.9 Å². The number of nitrogens with zero attached hydrogens (tertiary/aromatic N) is 1. The number of amides is 1. The fourth-order valence-electron chi connectivity index (χ4n) is 2.92. The Bertz CT molecular complexity index is 884. The van der Waals surface area contributed by atoms with E-state index >= 15 is 0 Å². The lowest BCUT2D eigenvalue weighted by Crippen LogP contribution is -2.27.